The van der Waals surface area contributed by atoms with E-state index < -0.39 is 0 Å². The van der Waals surface area contributed by atoms with E-state index in [0.29, 0.717) is 11.5 Å². The second-order valence-electron chi connectivity index (χ2n) is 6.67. The van der Waals surface area contributed by atoms with Crippen molar-refractivity contribution >= 4 is 0 Å². The minimum Gasteiger partial charge on any atom is -0.319 e. The number of hydrogen-bond acceptors (Lipinski definition) is 3. The smallest absolute Gasteiger partial charge is 0.0195 e. The van der Waals surface area contributed by atoms with Gasteiger partial charge in [0.25, 0.3) is 0 Å². The van der Waals surface area contributed by atoms with Gasteiger partial charge >= 0.3 is 0 Å². The highest BCUT2D eigenvalue weighted by molar-refractivity contribution is 4.91. The second kappa shape index (κ2) is 6.36. The SMILES string of the molecule is CNCC1(CN2CCCN(C)CC2C)CCCC1. The summed E-state index contributed by atoms with van der Waals surface area (Å²) < 4.78 is 0. The maximum atomic E-state index is 3.44. The van der Waals surface area contributed by atoms with Gasteiger partial charge in [-0.05, 0) is 58.8 Å². The molecule has 2 aliphatic rings. The van der Waals surface area contributed by atoms with Gasteiger partial charge in [0.1, 0.15) is 0 Å². The summed E-state index contributed by atoms with van der Waals surface area (Å²) in [6, 6.07) is 0.715. The molecule has 0 amide bonds. The molecule has 1 aliphatic heterocycles. The summed E-state index contributed by atoms with van der Waals surface area (Å²) in [4.78, 5) is 5.25. The third kappa shape index (κ3) is 3.46. The molecular weight excluding hydrogens is 222 g/mol. The molecule has 0 aromatic rings. The van der Waals surface area contributed by atoms with Crippen LogP contribution in [-0.2, 0) is 0 Å². The topological polar surface area (TPSA) is 18.5 Å². The predicted octanol–water partition coefficient (Wildman–Crippen LogP) is 1.79. The van der Waals surface area contributed by atoms with Gasteiger partial charge in [-0.3, -0.25) is 4.90 Å². The Morgan fingerprint density at radius 1 is 1.17 bits per heavy atom. The van der Waals surface area contributed by atoms with Crippen molar-refractivity contribution in [2.45, 2.75) is 45.1 Å². The van der Waals surface area contributed by atoms with Crippen LogP contribution in [0.5, 0.6) is 0 Å². The third-order valence-electron chi connectivity index (χ3n) is 4.94. The zero-order valence-electron chi connectivity index (χ0n) is 12.5. The summed E-state index contributed by atoms with van der Waals surface area (Å²) in [7, 11) is 4.37. The molecule has 1 unspecified atom stereocenters. The summed E-state index contributed by atoms with van der Waals surface area (Å²) in [5.74, 6) is 0. The Hall–Kier alpha value is -0.120. The van der Waals surface area contributed by atoms with Crippen molar-refractivity contribution < 1.29 is 0 Å². The maximum absolute atomic E-state index is 3.44. The molecule has 3 heteroatoms. The fraction of sp³-hybridized carbons (Fsp3) is 1.00. The largest absolute Gasteiger partial charge is 0.319 e. The van der Waals surface area contributed by atoms with E-state index >= 15 is 0 Å². The highest BCUT2D eigenvalue weighted by Crippen LogP contribution is 2.38. The van der Waals surface area contributed by atoms with Gasteiger partial charge in [-0.25, -0.2) is 0 Å². The Labute approximate surface area is 113 Å². The first-order chi connectivity index (χ1) is 8.65. The molecule has 2 rings (SSSR count). The number of hydrogen-bond donors (Lipinski definition) is 1. The van der Waals surface area contributed by atoms with Crippen LogP contribution in [0.25, 0.3) is 0 Å². The molecule has 0 bridgehead atoms. The van der Waals surface area contributed by atoms with E-state index in [2.05, 4.69) is 36.1 Å². The Morgan fingerprint density at radius 3 is 2.56 bits per heavy atom. The quantitative estimate of drug-likeness (QED) is 0.824. The molecule has 18 heavy (non-hydrogen) atoms. The first kappa shape index (κ1) is 14.3. The number of nitrogens with zero attached hydrogens (tertiary/aromatic N) is 2. The molecule has 3 nitrogen and oxygen atoms in total. The van der Waals surface area contributed by atoms with Crippen LogP contribution in [-0.4, -0.2) is 62.7 Å². The minimum atomic E-state index is 0.561. The Balaban J connectivity index is 1.97. The molecule has 1 saturated heterocycles. The Bertz CT molecular complexity index is 248. The maximum Gasteiger partial charge on any atom is 0.0195 e. The third-order valence-corrected chi connectivity index (χ3v) is 4.94. The predicted molar refractivity (Wildman–Crippen MR) is 78.0 cm³/mol. The number of rotatable bonds is 4. The van der Waals surface area contributed by atoms with Crippen LogP contribution in [0, 0.1) is 5.41 Å². The lowest BCUT2D eigenvalue weighted by molar-refractivity contribution is 0.117. The van der Waals surface area contributed by atoms with Crippen LogP contribution in [0.4, 0.5) is 0 Å². The summed E-state index contributed by atoms with van der Waals surface area (Å²) in [6.07, 6.45) is 7.05. The second-order valence-corrected chi connectivity index (χ2v) is 6.67. The first-order valence-electron chi connectivity index (χ1n) is 7.72. The van der Waals surface area contributed by atoms with Crippen LogP contribution in [0.3, 0.4) is 0 Å². The molecule has 1 aliphatic carbocycles. The Morgan fingerprint density at radius 2 is 1.89 bits per heavy atom. The van der Waals surface area contributed by atoms with Crippen molar-refractivity contribution in [1.29, 1.82) is 0 Å². The molecule has 1 N–H and O–H groups in total. The number of likely N-dealkylation sites (N-methyl/N-ethyl adjacent to an activating group) is 1. The average Bonchev–Trinajstić information content (AvgIpc) is 2.70. The average molecular weight is 253 g/mol. The van der Waals surface area contributed by atoms with Crippen molar-refractivity contribution in [2.24, 2.45) is 5.41 Å². The van der Waals surface area contributed by atoms with Crippen molar-refractivity contribution in [2.75, 3.05) is 46.8 Å². The van der Waals surface area contributed by atoms with Gasteiger partial charge in [-0.1, -0.05) is 12.8 Å². The molecule has 0 aromatic heterocycles. The summed E-state index contributed by atoms with van der Waals surface area (Å²) in [5, 5.41) is 3.44. The first-order valence-corrected chi connectivity index (χ1v) is 7.72. The lowest BCUT2D eigenvalue weighted by atomic mass is 9.85. The van der Waals surface area contributed by atoms with Gasteiger partial charge in [-0.2, -0.15) is 0 Å². The number of nitrogens with one attached hydrogen (secondary N) is 1. The van der Waals surface area contributed by atoms with Gasteiger partial charge in [0.2, 0.25) is 0 Å². The van der Waals surface area contributed by atoms with E-state index in [1.54, 1.807) is 0 Å². The highest BCUT2D eigenvalue weighted by atomic mass is 15.2. The fourth-order valence-electron chi connectivity index (χ4n) is 3.98. The van der Waals surface area contributed by atoms with Crippen molar-refractivity contribution in [3.05, 3.63) is 0 Å². The minimum absolute atomic E-state index is 0.561. The molecule has 1 atom stereocenters. The van der Waals surface area contributed by atoms with Crippen molar-refractivity contribution in [1.82, 2.24) is 15.1 Å². The van der Waals surface area contributed by atoms with Crippen LogP contribution in [0.1, 0.15) is 39.0 Å². The molecule has 0 radical (unpaired) electrons. The van der Waals surface area contributed by atoms with Gasteiger partial charge in [0.15, 0.2) is 0 Å². The molecule has 106 valence electrons. The monoisotopic (exact) mass is 253 g/mol. The lowest BCUT2D eigenvalue weighted by Gasteiger charge is -2.38. The van der Waals surface area contributed by atoms with Gasteiger partial charge in [0.05, 0.1) is 0 Å². The van der Waals surface area contributed by atoms with Gasteiger partial charge in [-0.15, -0.1) is 0 Å². The standard InChI is InChI=1S/C15H31N3/c1-14-11-17(3)9-6-10-18(14)13-15(12-16-2)7-4-5-8-15/h14,16H,4-13H2,1-3H3. The summed E-state index contributed by atoms with van der Waals surface area (Å²) >= 11 is 0. The molecular formula is C15H31N3. The van der Waals surface area contributed by atoms with E-state index in [0.717, 1.165) is 0 Å². The lowest BCUT2D eigenvalue weighted by Crippen LogP contribution is -2.47. The van der Waals surface area contributed by atoms with Crippen LogP contribution in [0.15, 0.2) is 0 Å². The van der Waals surface area contributed by atoms with E-state index in [9.17, 15) is 0 Å². The Kier molecular flexibility index (Phi) is 5.05. The molecule has 2 fully saturated rings. The highest BCUT2D eigenvalue weighted by Gasteiger charge is 2.36. The van der Waals surface area contributed by atoms with E-state index in [1.165, 1.54) is 64.8 Å². The van der Waals surface area contributed by atoms with Crippen molar-refractivity contribution in [3.63, 3.8) is 0 Å². The zero-order chi connectivity index (χ0) is 13.0. The molecule has 0 aromatic carbocycles. The van der Waals surface area contributed by atoms with Crippen LogP contribution < -0.4 is 5.32 Å². The van der Waals surface area contributed by atoms with E-state index in [4.69, 9.17) is 0 Å². The zero-order valence-corrected chi connectivity index (χ0v) is 12.5. The molecule has 0 spiro atoms. The fourth-order valence-corrected chi connectivity index (χ4v) is 3.98. The van der Waals surface area contributed by atoms with E-state index in [1.807, 2.05) is 0 Å². The summed E-state index contributed by atoms with van der Waals surface area (Å²) in [6.45, 7) is 8.70. The molecule has 1 saturated carbocycles. The summed E-state index contributed by atoms with van der Waals surface area (Å²) in [5.41, 5.74) is 0.561. The van der Waals surface area contributed by atoms with Crippen molar-refractivity contribution in [3.8, 4) is 0 Å². The van der Waals surface area contributed by atoms with E-state index in [-0.39, 0.29) is 0 Å². The van der Waals surface area contributed by atoms with Gasteiger partial charge < -0.3 is 10.2 Å². The van der Waals surface area contributed by atoms with Crippen LogP contribution >= 0.6 is 0 Å². The normalized spacial score (nSPS) is 30.5. The molecule has 1 heterocycles. The van der Waals surface area contributed by atoms with Gasteiger partial charge in [0, 0.05) is 25.7 Å². The van der Waals surface area contributed by atoms with Crippen LogP contribution in [0.2, 0.25) is 0 Å².